The van der Waals surface area contributed by atoms with E-state index in [1.165, 1.54) is 5.39 Å². The maximum absolute atomic E-state index is 12.6. The molecule has 0 radical (unpaired) electrons. The minimum absolute atomic E-state index is 0.00450. The van der Waals surface area contributed by atoms with Crippen LogP contribution < -0.4 is 10.6 Å². The van der Waals surface area contributed by atoms with Crippen molar-refractivity contribution in [2.24, 2.45) is 7.05 Å². The molecule has 8 nitrogen and oxygen atoms in total. The van der Waals surface area contributed by atoms with Crippen LogP contribution in [0.2, 0.25) is 0 Å². The van der Waals surface area contributed by atoms with Gasteiger partial charge in [-0.15, -0.1) is 0 Å². The lowest BCUT2D eigenvalue weighted by atomic mass is 9.93. The first-order valence-corrected chi connectivity index (χ1v) is 11.2. The molecule has 1 amide bonds. The van der Waals surface area contributed by atoms with E-state index in [2.05, 4.69) is 44.9 Å². The van der Waals surface area contributed by atoms with Gasteiger partial charge >= 0.3 is 0 Å². The van der Waals surface area contributed by atoms with Crippen LogP contribution in [0, 0.1) is 6.92 Å². The highest BCUT2D eigenvalue weighted by atomic mass is 16.5. The molecule has 1 aliphatic rings. The Balaban J connectivity index is 1.46. The van der Waals surface area contributed by atoms with Crippen LogP contribution in [0.15, 0.2) is 36.5 Å². The van der Waals surface area contributed by atoms with E-state index < -0.39 is 0 Å². The van der Waals surface area contributed by atoms with Crippen LogP contribution in [0.3, 0.4) is 0 Å². The van der Waals surface area contributed by atoms with E-state index in [-0.39, 0.29) is 5.91 Å². The predicted molar refractivity (Wildman–Crippen MR) is 127 cm³/mol. The average molecular weight is 437 g/mol. The molecule has 1 fully saturated rings. The summed E-state index contributed by atoms with van der Waals surface area (Å²) >= 11 is 0. The van der Waals surface area contributed by atoms with Crippen molar-refractivity contribution in [1.82, 2.24) is 19.7 Å². The fraction of sp³-hybridized carbons (Fsp3) is 0.458. The summed E-state index contributed by atoms with van der Waals surface area (Å²) in [7, 11) is 3.57. The molecule has 170 valence electrons. The van der Waals surface area contributed by atoms with Crippen LogP contribution in [0.5, 0.6) is 0 Å². The monoisotopic (exact) mass is 436 g/mol. The number of fused-ring (bicyclic) bond motifs is 1. The number of nitrogens with zero attached hydrogens (tertiary/aromatic N) is 4. The number of hydrogen-bond acceptors (Lipinski definition) is 6. The minimum Gasteiger partial charge on any atom is -0.383 e. The maximum Gasteiger partial charge on any atom is 0.238 e. The van der Waals surface area contributed by atoms with Gasteiger partial charge in [0.15, 0.2) is 0 Å². The van der Waals surface area contributed by atoms with Gasteiger partial charge in [-0.1, -0.05) is 24.3 Å². The fourth-order valence-corrected chi connectivity index (χ4v) is 4.29. The number of nitrogens with one attached hydrogen (secondary N) is 2. The van der Waals surface area contributed by atoms with Crippen LogP contribution in [0.25, 0.3) is 10.8 Å². The zero-order valence-corrected chi connectivity index (χ0v) is 19.1. The highest BCUT2D eigenvalue weighted by molar-refractivity contribution is 5.93. The molecule has 4 rings (SSSR count). The van der Waals surface area contributed by atoms with Crippen LogP contribution in [-0.2, 0) is 16.6 Å². The third-order valence-electron chi connectivity index (χ3n) is 6.16. The fourth-order valence-electron chi connectivity index (χ4n) is 4.29. The zero-order valence-electron chi connectivity index (χ0n) is 19.1. The Hall–Kier alpha value is -2.97. The molecular weight excluding hydrogens is 404 g/mol. The zero-order chi connectivity index (χ0) is 22.5. The highest BCUT2D eigenvalue weighted by Crippen LogP contribution is 2.30. The topological polar surface area (TPSA) is 84.3 Å². The lowest BCUT2D eigenvalue weighted by Crippen LogP contribution is -2.40. The van der Waals surface area contributed by atoms with Crippen molar-refractivity contribution in [2.75, 3.05) is 50.5 Å². The first-order chi connectivity index (χ1) is 15.5. The Morgan fingerprint density at radius 3 is 2.94 bits per heavy atom. The van der Waals surface area contributed by atoms with Crippen LogP contribution >= 0.6 is 0 Å². The molecule has 2 aromatic heterocycles. The predicted octanol–water partition coefficient (Wildman–Crippen LogP) is 3.15. The SMILES string of the molecule is COCCNc1nc([C@H]2CCCN(CC(=O)Nc3cnn(C)c3C)C2)cc2ccccc12. The quantitative estimate of drug-likeness (QED) is 0.528. The number of ether oxygens (including phenoxy) is 1. The van der Waals surface area contributed by atoms with Gasteiger partial charge in [-0.3, -0.25) is 14.4 Å². The summed E-state index contributed by atoms with van der Waals surface area (Å²) in [5.74, 6) is 1.19. The number of piperidine rings is 1. The van der Waals surface area contributed by atoms with E-state index in [0.717, 1.165) is 54.2 Å². The van der Waals surface area contributed by atoms with E-state index in [9.17, 15) is 4.79 Å². The van der Waals surface area contributed by atoms with Gasteiger partial charge in [-0.05, 0) is 37.8 Å². The molecule has 0 unspecified atom stereocenters. The smallest absolute Gasteiger partial charge is 0.238 e. The summed E-state index contributed by atoms with van der Waals surface area (Å²) in [5, 5.41) is 12.9. The summed E-state index contributed by atoms with van der Waals surface area (Å²) in [6, 6.07) is 10.5. The Bertz CT molecular complexity index is 1080. The number of aryl methyl sites for hydroxylation is 1. The number of carbonyl (C=O) groups excluding carboxylic acids is 1. The summed E-state index contributed by atoms with van der Waals surface area (Å²) < 4.78 is 6.94. The van der Waals surface area contributed by atoms with Crippen molar-refractivity contribution >= 4 is 28.2 Å². The largest absolute Gasteiger partial charge is 0.383 e. The van der Waals surface area contributed by atoms with Gasteiger partial charge in [-0.25, -0.2) is 4.98 Å². The molecule has 32 heavy (non-hydrogen) atoms. The number of aromatic nitrogens is 3. The summed E-state index contributed by atoms with van der Waals surface area (Å²) in [4.78, 5) is 19.8. The van der Waals surface area contributed by atoms with E-state index in [1.54, 1.807) is 18.0 Å². The number of anilines is 2. The van der Waals surface area contributed by atoms with Crippen molar-refractivity contribution in [2.45, 2.75) is 25.7 Å². The first kappa shape index (κ1) is 22.2. The third kappa shape index (κ3) is 5.08. The molecule has 0 aliphatic carbocycles. The highest BCUT2D eigenvalue weighted by Gasteiger charge is 2.25. The number of amides is 1. The van der Waals surface area contributed by atoms with Crippen molar-refractivity contribution in [3.8, 4) is 0 Å². The Morgan fingerprint density at radius 1 is 1.31 bits per heavy atom. The number of pyridine rings is 1. The van der Waals surface area contributed by atoms with Gasteiger partial charge in [-0.2, -0.15) is 5.10 Å². The van der Waals surface area contributed by atoms with Crippen LogP contribution in [-0.4, -0.2) is 65.5 Å². The molecule has 3 aromatic rings. The van der Waals surface area contributed by atoms with Crippen molar-refractivity contribution < 1.29 is 9.53 Å². The lowest BCUT2D eigenvalue weighted by molar-refractivity contribution is -0.117. The van der Waals surface area contributed by atoms with E-state index in [1.807, 2.05) is 20.0 Å². The van der Waals surface area contributed by atoms with Crippen molar-refractivity contribution in [3.63, 3.8) is 0 Å². The lowest BCUT2D eigenvalue weighted by Gasteiger charge is -2.32. The second-order valence-corrected chi connectivity index (χ2v) is 8.43. The molecule has 3 heterocycles. The Morgan fingerprint density at radius 2 is 2.16 bits per heavy atom. The van der Waals surface area contributed by atoms with Crippen LogP contribution in [0.4, 0.5) is 11.5 Å². The second kappa shape index (κ2) is 10.1. The van der Waals surface area contributed by atoms with Gasteiger partial charge in [0.25, 0.3) is 0 Å². The Kier molecular flexibility index (Phi) is 7.02. The molecule has 1 saturated heterocycles. The van der Waals surface area contributed by atoms with E-state index in [4.69, 9.17) is 9.72 Å². The first-order valence-electron chi connectivity index (χ1n) is 11.2. The molecule has 0 bridgehead atoms. The number of carbonyl (C=O) groups is 1. The summed E-state index contributed by atoms with van der Waals surface area (Å²) in [6.45, 7) is 5.40. The third-order valence-corrected chi connectivity index (χ3v) is 6.16. The molecule has 1 aliphatic heterocycles. The van der Waals surface area contributed by atoms with E-state index >= 15 is 0 Å². The number of rotatable bonds is 8. The molecule has 0 saturated carbocycles. The maximum atomic E-state index is 12.6. The number of hydrogen-bond donors (Lipinski definition) is 2. The summed E-state index contributed by atoms with van der Waals surface area (Å²) in [5.41, 5.74) is 2.80. The number of likely N-dealkylation sites (tertiary alicyclic amines) is 1. The van der Waals surface area contributed by atoms with Gasteiger partial charge in [0.1, 0.15) is 5.82 Å². The Labute approximate surface area is 189 Å². The van der Waals surface area contributed by atoms with Gasteiger partial charge in [0.2, 0.25) is 5.91 Å². The minimum atomic E-state index is -0.00450. The van der Waals surface area contributed by atoms with Gasteiger partial charge in [0.05, 0.1) is 30.7 Å². The molecule has 1 aromatic carbocycles. The van der Waals surface area contributed by atoms with Crippen LogP contribution in [0.1, 0.15) is 30.1 Å². The van der Waals surface area contributed by atoms with Gasteiger partial charge < -0.3 is 15.4 Å². The molecular formula is C24H32N6O2. The molecule has 0 spiro atoms. The van der Waals surface area contributed by atoms with Gasteiger partial charge in [0, 0.05) is 44.2 Å². The number of methoxy groups -OCH3 is 1. The second-order valence-electron chi connectivity index (χ2n) is 8.43. The normalized spacial score (nSPS) is 16.9. The standard InChI is InChI=1S/C24H32N6O2/c1-17-22(14-26-29(17)2)27-23(31)16-30-11-6-8-19(15-30)21-13-18-7-4-5-9-20(18)24(28-21)25-10-12-32-3/h4-5,7,9,13-14,19H,6,8,10-12,15-16H2,1-3H3,(H,25,28)(H,27,31)/t19-/m0/s1. The van der Waals surface area contributed by atoms with Crippen molar-refractivity contribution in [1.29, 1.82) is 0 Å². The van der Waals surface area contributed by atoms with Crippen molar-refractivity contribution in [3.05, 3.63) is 47.9 Å². The summed E-state index contributed by atoms with van der Waals surface area (Å²) in [6.07, 6.45) is 3.82. The number of benzene rings is 1. The molecule has 2 N–H and O–H groups in total. The average Bonchev–Trinajstić information content (AvgIpc) is 3.11. The van der Waals surface area contributed by atoms with E-state index in [0.29, 0.717) is 25.6 Å². The molecule has 1 atom stereocenters. The molecule has 8 heteroatoms.